The van der Waals surface area contributed by atoms with E-state index in [0.717, 1.165) is 55.4 Å². The molecule has 142 valence electrons. The van der Waals surface area contributed by atoms with Crippen LogP contribution in [0.3, 0.4) is 0 Å². The van der Waals surface area contributed by atoms with Gasteiger partial charge in [-0.2, -0.15) is 0 Å². The number of amides is 1. The summed E-state index contributed by atoms with van der Waals surface area (Å²) in [6.07, 6.45) is 0. The van der Waals surface area contributed by atoms with Crippen LogP contribution in [0.25, 0.3) is 5.69 Å². The lowest BCUT2D eigenvalue weighted by atomic mass is 10.2. The van der Waals surface area contributed by atoms with Crippen LogP contribution < -0.4 is 10.6 Å². The number of nitrogens with zero attached hydrogens (tertiary/aromatic N) is 2. The van der Waals surface area contributed by atoms with Crippen LogP contribution in [0.15, 0.2) is 30.3 Å². The largest absolute Gasteiger partial charge is 0.351 e. The molecular weight excluding hydrogens is 371 g/mol. The molecule has 1 aliphatic heterocycles. The van der Waals surface area contributed by atoms with Crippen molar-refractivity contribution in [2.75, 3.05) is 39.3 Å². The Hall–Kier alpha value is -1.53. The zero-order valence-electron chi connectivity index (χ0n) is 15.2. The van der Waals surface area contributed by atoms with Crippen LogP contribution in [0, 0.1) is 13.8 Å². The van der Waals surface area contributed by atoms with Gasteiger partial charge in [0, 0.05) is 61.4 Å². The van der Waals surface area contributed by atoms with E-state index in [0.29, 0.717) is 11.6 Å². The summed E-state index contributed by atoms with van der Waals surface area (Å²) in [5.74, 6) is -0.0171. The molecule has 2 heterocycles. The maximum Gasteiger partial charge on any atom is 0.253 e. The molecule has 1 aromatic heterocycles. The molecule has 7 heteroatoms. The van der Waals surface area contributed by atoms with E-state index in [9.17, 15) is 4.79 Å². The van der Waals surface area contributed by atoms with Gasteiger partial charge in [0.15, 0.2) is 0 Å². The van der Waals surface area contributed by atoms with Crippen LogP contribution in [0.5, 0.6) is 0 Å². The summed E-state index contributed by atoms with van der Waals surface area (Å²) in [4.78, 5) is 15.0. The highest BCUT2D eigenvalue weighted by Gasteiger charge is 2.17. The Balaban J connectivity index is 0.00000243. The standard InChI is InChI=1S/C19H25ClN4O.ClH/c1-14-12-18(15(2)24(14)17-5-3-4-16(20)13-17)19(25)22-8-11-23-9-6-21-7-10-23;/h3-5,12-13,21H,6-11H2,1-2H3,(H,22,25);1H. The van der Waals surface area contributed by atoms with Gasteiger partial charge in [-0.05, 0) is 38.1 Å². The number of aromatic nitrogens is 1. The monoisotopic (exact) mass is 396 g/mol. The van der Waals surface area contributed by atoms with Crippen molar-refractivity contribution in [3.05, 3.63) is 52.3 Å². The minimum absolute atomic E-state index is 0. The molecule has 0 unspecified atom stereocenters. The fraction of sp³-hybridized carbons (Fsp3) is 0.421. The second-order valence-corrected chi connectivity index (χ2v) is 6.88. The first kappa shape index (κ1) is 20.8. The van der Waals surface area contributed by atoms with Gasteiger partial charge >= 0.3 is 0 Å². The van der Waals surface area contributed by atoms with E-state index in [1.807, 2.05) is 44.2 Å². The maximum absolute atomic E-state index is 12.6. The molecule has 1 fully saturated rings. The topological polar surface area (TPSA) is 49.3 Å². The molecule has 1 aliphatic rings. The summed E-state index contributed by atoms with van der Waals surface area (Å²) in [5.41, 5.74) is 3.65. The number of carbonyl (C=O) groups is 1. The van der Waals surface area contributed by atoms with Gasteiger partial charge in [0.2, 0.25) is 0 Å². The lowest BCUT2D eigenvalue weighted by Crippen LogP contribution is -2.46. The Kier molecular flexibility index (Phi) is 7.53. The van der Waals surface area contributed by atoms with Gasteiger partial charge < -0.3 is 15.2 Å². The van der Waals surface area contributed by atoms with E-state index < -0.39 is 0 Å². The highest BCUT2D eigenvalue weighted by Crippen LogP contribution is 2.22. The van der Waals surface area contributed by atoms with Crippen molar-refractivity contribution in [3.63, 3.8) is 0 Å². The van der Waals surface area contributed by atoms with Gasteiger partial charge in [0.05, 0.1) is 5.56 Å². The number of piperazine rings is 1. The molecular formula is C19H26Cl2N4O. The third-order valence-corrected chi connectivity index (χ3v) is 4.90. The number of carbonyl (C=O) groups excluding carboxylic acids is 1. The summed E-state index contributed by atoms with van der Waals surface area (Å²) in [6, 6.07) is 9.62. The molecule has 0 spiro atoms. The van der Waals surface area contributed by atoms with Gasteiger partial charge in [-0.25, -0.2) is 0 Å². The third kappa shape index (κ3) is 4.80. The first-order chi connectivity index (χ1) is 12.1. The zero-order valence-corrected chi connectivity index (χ0v) is 16.8. The van der Waals surface area contributed by atoms with Crippen LogP contribution in [0.1, 0.15) is 21.7 Å². The van der Waals surface area contributed by atoms with Gasteiger partial charge in [-0.3, -0.25) is 9.69 Å². The minimum atomic E-state index is -0.0171. The van der Waals surface area contributed by atoms with Gasteiger partial charge in [-0.15, -0.1) is 12.4 Å². The van der Waals surface area contributed by atoms with Gasteiger partial charge in [0.25, 0.3) is 5.91 Å². The van der Waals surface area contributed by atoms with Crippen LogP contribution in [0.4, 0.5) is 0 Å². The Labute approximate surface area is 166 Å². The van der Waals surface area contributed by atoms with E-state index in [2.05, 4.69) is 20.1 Å². The zero-order chi connectivity index (χ0) is 17.8. The lowest BCUT2D eigenvalue weighted by Gasteiger charge is -2.27. The van der Waals surface area contributed by atoms with Crippen molar-refractivity contribution in [2.45, 2.75) is 13.8 Å². The molecule has 2 N–H and O–H groups in total. The Bertz CT molecular complexity index is 754. The molecule has 0 radical (unpaired) electrons. The average Bonchev–Trinajstić information content (AvgIpc) is 2.90. The highest BCUT2D eigenvalue weighted by atomic mass is 35.5. The fourth-order valence-corrected chi connectivity index (χ4v) is 3.55. The summed E-state index contributed by atoms with van der Waals surface area (Å²) in [7, 11) is 0. The first-order valence-corrected chi connectivity index (χ1v) is 9.10. The molecule has 0 atom stereocenters. The van der Waals surface area contributed by atoms with E-state index in [1.54, 1.807) is 0 Å². The number of hydrogen-bond donors (Lipinski definition) is 2. The van der Waals surface area contributed by atoms with E-state index in [1.165, 1.54) is 0 Å². The van der Waals surface area contributed by atoms with Crippen molar-refractivity contribution in [2.24, 2.45) is 0 Å². The predicted molar refractivity (Wildman–Crippen MR) is 109 cm³/mol. The number of aryl methyl sites for hydroxylation is 1. The Morgan fingerprint density at radius 3 is 2.65 bits per heavy atom. The van der Waals surface area contributed by atoms with Crippen LogP contribution in [-0.2, 0) is 0 Å². The minimum Gasteiger partial charge on any atom is -0.351 e. The Morgan fingerprint density at radius 2 is 1.96 bits per heavy atom. The molecule has 1 amide bonds. The highest BCUT2D eigenvalue weighted by molar-refractivity contribution is 6.30. The number of halogens is 2. The molecule has 1 saturated heterocycles. The normalized spacial score (nSPS) is 14.7. The van der Waals surface area contributed by atoms with Gasteiger partial charge in [-0.1, -0.05) is 17.7 Å². The number of nitrogens with one attached hydrogen (secondary N) is 2. The number of benzene rings is 1. The quantitative estimate of drug-likeness (QED) is 0.816. The third-order valence-electron chi connectivity index (χ3n) is 4.67. The van der Waals surface area contributed by atoms with Crippen molar-refractivity contribution >= 4 is 29.9 Å². The lowest BCUT2D eigenvalue weighted by molar-refractivity contribution is 0.0946. The summed E-state index contributed by atoms with van der Waals surface area (Å²) >= 11 is 6.11. The van der Waals surface area contributed by atoms with Crippen LogP contribution >= 0.6 is 24.0 Å². The van der Waals surface area contributed by atoms with Crippen molar-refractivity contribution < 1.29 is 4.79 Å². The molecule has 0 bridgehead atoms. The second-order valence-electron chi connectivity index (χ2n) is 6.45. The molecule has 2 aromatic rings. The molecule has 1 aromatic carbocycles. The smallest absolute Gasteiger partial charge is 0.253 e. The van der Waals surface area contributed by atoms with Crippen molar-refractivity contribution in [1.29, 1.82) is 0 Å². The molecule has 26 heavy (non-hydrogen) atoms. The van der Waals surface area contributed by atoms with E-state index in [-0.39, 0.29) is 18.3 Å². The Morgan fingerprint density at radius 1 is 1.23 bits per heavy atom. The maximum atomic E-state index is 12.6. The van der Waals surface area contributed by atoms with Crippen LogP contribution in [0.2, 0.25) is 5.02 Å². The molecule has 0 aliphatic carbocycles. The van der Waals surface area contributed by atoms with Crippen molar-refractivity contribution in [3.8, 4) is 5.69 Å². The summed E-state index contributed by atoms with van der Waals surface area (Å²) in [6.45, 7) is 9.66. The SMILES string of the molecule is Cc1cc(C(=O)NCCN2CCNCC2)c(C)n1-c1cccc(Cl)c1.Cl. The molecule has 0 saturated carbocycles. The van der Waals surface area contributed by atoms with Gasteiger partial charge in [0.1, 0.15) is 0 Å². The van der Waals surface area contributed by atoms with E-state index in [4.69, 9.17) is 11.6 Å². The summed E-state index contributed by atoms with van der Waals surface area (Å²) in [5, 5.41) is 7.07. The van der Waals surface area contributed by atoms with E-state index >= 15 is 0 Å². The number of hydrogen-bond acceptors (Lipinski definition) is 3. The average molecular weight is 397 g/mol. The predicted octanol–water partition coefficient (Wildman–Crippen LogP) is 2.80. The van der Waals surface area contributed by atoms with Crippen LogP contribution in [-0.4, -0.2) is 54.6 Å². The number of rotatable bonds is 5. The second kappa shape index (κ2) is 9.42. The molecule has 3 rings (SSSR count). The van der Waals surface area contributed by atoms with Crippen molar-refractivity contribution in [1.82, 2.24) is 20.1 Å². The molecule has 5 nitrogen and oxygen atoms in total. The first-order valence-electron chi connectivity index (χ1n) is 8.72. The summed E-state index contributed by atoms with van der Waals surface area (Å²) < 4.78 is 2.07. The fourth-order valence-electron chi connectivity index (χ4n) is 3.36.